The fourth-order valence-electron chi connectivity index (χ4n) is 2.77. The Hall–Kier alpha value is -1.76. The summed E-state index contributed by atoms with van der Waals surface area (Å²) in [4.78, 5) is 24.7. The number of rotatable bonds is 9. The maximum atomic E-state index is 13.0. The lowest BCUT2D eigenvalue weighted by atomic mass is 10.1. The van der Waals surface area contributed by atoms with Crippen molar-refractivity contribution in [1.29, 1.82) is 0 Å². The topological polar surface area (TPSA) is 77.8 Å². The molecule has 6 nitrogen and oxygen atoms in total. The van der Waals surface area contributed by atoms with Gasteiger partial charge in [-0.25, -0.2) is 0 Å². The van der Waals surface area contributed by atoms with Crippen molar-refractivity contribution in [2.75, 3.05) is 13.2 Å². The fourth-order valence-corrected chi connectivity index (χ4v) is 3.09. The molecular formula is C19H23Cl2NO5. The van der Waals surface area contributed by atoms with Gasteiger partial charge in [0.25, 0.3) is 5.56 Å². The Balaban J connectivity index is 2.62. The molecule has 0 spiro atoms. The van der Waals surface area contributed by atoms with E-state index < -0.39 is 12.6 Å². The third-order valence-electron chi connectivity index (χ3n) is 4.11. The van der Waals surface area contributed by atoms with Crippen molar-refractivity contribution in [2.24, 2.45) is 0 Å². The average molecular weight is 416 g/mol. The molecule has 0 fully saturated rings. The van der Waals surface area contributed by atoms with Crippen LogP contribution in [0.1, 0.15) is 38.8 Å². The third kappa shape index (κ3) is 4.94. The number of hydrogen-bond acceptors (Lipinski definition) is 5. The molecule has 27 heavy (non-hydrogen) atoms. The van der Waals surface area contributed by atoms with Gasteiger partial charge in [0.15, 0.2) is 0 Å². The highest BCUT2D eigenvalue weighted by atomic mass is 35.5. The van der Waals surface area contributed by atoms with E-state index in [4.69, 9.17) is 32.7 Å². The molecule has 0 saturated heterocycles. The number of aromatic nitrogens is 1. The number of benzene rings is 1. The van der Waals surface area contributed by atoms with Crippen LogP contribution >= 0.6 is 23.2 Å². The van der Waals surface area contributed by atoms with Gasteiger partial charge in [0, 0.05) is 11.9 Å². The van der Waals surface area contributed by atoms with Gasteiger partial charge in [-0.3, -0.25) is 9.59 Å². The Bertz CT molecular complexity index is 879. The summed E-state index contributed by atoms with van der Waals surface area (Å²) in [7, 11) is 0. The van der Waals surface area contributed by atoms with Crippen molar-refractivity contribution in [3.05, 3.63) is 38.2 Å². The van der Waals surface area contributed by atoms with E-state index in [9.17, 15) is 14.7 Å². The lowest BCUT2D eigenvalue weighted by Gasteiger charge is -2.19. The number of hydrogen-bond donors (Lipinski definition) is 1. The van der Waals surface area contributed by atoms with Gasteiger partial charge >= 0.3 is 5.97 Å². The summed E-state index contributed by atoms with van der Waals surface area (Å²) in [5, 5.41) is 11.3. The van der Waals surface area contributed by atoms with E-state index in [1.54, 1.807) is 13.0 Å². The van der Waals surface area contributed by atoms with Crippen molar-refractivity contribution in [1.82, 2.24) is 4.57 Å². The Labute approximate surface area is 167 Å². The first-order valence-corrected chi connectivity index (χ1v) is 9.63. The first-order chi connectivity index (χ1) is 12.9. The standard InChI is InChI=1S/C19H23Cl2NO5/c1-3-5-8-27-18-12-9-14(20)15(21)10-13(12)19(25)22(16(18)11-23)7-6-17(24)26-4-2/h9-10,23H,3-8,11H2,1-2H3. The van der Waals surface area contributed by atoms with Crippen LogP contribution < -0.4 is 10.3 Å². The quantitative estimate of drug-likeness (QED) is 0.495. The van der Waals surface area contributed by atoms with Crippen molar-refractivity contribution in [3.63, 3.8) is 0 Å². The fraction of sp³-hybridized carbons (Fsp3) is 0.474. The zero-order valence-corrected chi connectivity index (χ0v) is 16.9. The molecule has 8 heteroatoms. The molecular weight excluding hydrogens is 393 g/mol. The molecule has 0 atom stereocenters. The van der Waals surface area contributed by atoms with E-state index in [2.05, 4.69) is 0 Å². The SMILES string of the molecule is CCCCOc1c(CO)n(CCC(=O)OCC)c(=O)c2cc(Cl)c(Cl)cc12. The summed E-state index contributed by atoms with van der Waals surface area (Å²) < 4.78 is 12.1. The van der Waals surface area contributed by atoms with Crippen molar-refractivity contribution in [3.8, 4) is 5.75 Å². The number of aliphatic hydroxyl groups excluding tert-OH is 1. The largest absolute Gasteiger partial charge is 0.491 e. The minimum absolute atomic E-state index is 0.00196. The van der Waals surface area contributed by atoms with Crippen LogP contribution in [-0.2, 0) is 22.7 Å². The van der Waals surface area contributed by atoms with E-state index in [1.165, 1.54) is 10.6 Å². The highest BCUT2D eigenvalue weighted by Gasteiger charge is 2.20. The summed E-state index contributed by atoms with van der Waals surface area (Å²) in [6.45, 7) is 4.08. The van der Waals surface area contributed by atoms with Gasteiger partial charge in [0.05, 0.1) is 47.4 Å². The van der Waals surface area contributed by atoms with Gasteiger partial charge < -0.3 is 19.1 Å². The van der Waals surface area contributed by atoms with E-state index >= 15 is 0 Å². The molecule has 0 unspecified atom stereocenters. The molecule has 1 aromatic carbocycles. The molecule has 1 heterocycles. The average Bonchev–Trinajstić information content (AvgIpc) is 2.64. The van der Waals surface area contributed by atoms with Gasteiger partial charge in [-0.1, -0.05) is 36.5 Å². The normalized spacial score (nSPS) is 11.0. The molecule has 0 radical (unpaired) electrons. The van der Waals surface area contributed by atoms with Crippen LogP contribution in [-0.4, -0.2) is 28.9 Å². The zero-order valence-electron chi connectivity index (χ0n) is 15.4. The van der Waals surface area contributed by atoms with Crippen molar-refractivity contribution >= 4 is 39.9 Å². The molecule has 0 aliphatic carbocycles. The number of pyridine rings is 1. The van der Waals surface area contributed by atoms with E-state index in [0.717, 1.165) is 12.8 Å². The van der Waals surface area contributed by atoms with Gasteiger partial charge in [-0.2, -0.15) is 0 Å². The Morgan fingerprint density at radius 1 is 1.19 bits per heavy atom. The first-order valence-electron chi connectivity index (χ1n) is 8.88. The summed E-state index contributed by atoms with van der Waals surface area (Å²) in [6.07, 6.45) is 1.75. The van der Waals surface area contributed by atoms with Crippen LogP contribution in [0.2, 0.25) is 10.0 Å². The molecule has 0 aliphatic heterocycles. The number of carbonyl (C=O) groups is 1. The Morgan fingerprint density at radius 3 is 2.44 bits per heavy atom. The van der Waals surface area contributed by atoms with Gasteiger partial charge in [0.2, 0.25) is 0 Å². The molecule has 0 bridgehead atoms. The van der Waals surface area contributed by atoms with Gasteiger partial charge in [-0.15, -0.1) is 0 Å². The monoisotopic (exact) mass is 415 g/mol. The summed E-state index contributed by atoms with van der Waals surface area (Å²) in [6, 6.07) is 3.05. The molecule has 0 aliphatic rings. The van der Waals surface area contributed by atoms with Gasteiger partial charge in [-0.05, 0) is 25.5 Å². The Morgan fingerprint density at radius 2 is 1.85 bits per heavy atom. The van der Waals surface area contributed by atoms with Crippen LogP contribution in [0.5, 0.6) is 5.75 Å². The molecule has 148 valence electrons. The molecule has 2 rings (SSSR count). The number of ether oxygens (including phenoxy) is 2. The number of esters is 1. The second-order valence-electron chi connectivity index (χ2n) is 5.96. The highest BCUT2D eigenvalue weighted by Crippen LogP contribution is 2.34. The lowest BCUT2D eigenvalue weighted by molar-refractivity contribution is -0.143. The van der Waals surface area contributed by atoms with E-state index in [0.29, 0.717) is 28.8 Å². The number of carbonyl (C=O) groups excluding carboxylic acids is 1. The number of unbranched alkanes of at least 4 members (excludes halogenated alkanes) is 1. The summed E-state index contributed by atoms with van der Waals surface area (Å²) in [5.41, 5.74) is -0.0777. The molecule has 1 aromatic heterocycles. The first kappa shape index (κ1) is 21.5. The van der Waals surface area contributed by atoms with Crippen LogP contribution in [0.3, 0.4) is 0 Å². The second kappa shape index (κ2) is 9.97. The van der Waals surface area contributed by atoms with Crippen molar-refractivity contribution < 1.29 is 19.4 Å². The summed E-state index contributed by atoms with van der Waals surface area (Å²) in [5.74, 6) is -0.0426. The highest BCUT2D eigenvalue weighted by molar-refractivity contribution is 6.42. The van der Waals surface area contributed by atoms with E-state index in [-0.39, 0.29) is 35.2 Å². The predicted molar refractivity (Wildman–Crippen MR) is 106 cm³/mol. The predicted octanol–water partition coefficient (Wildman–Crippen LogP) is 3.93. The smallest absolute Gasteiger partial charge is 0.307 e. The lowest BCUT2D eigenvalue weighted by Crippen LogP contribution is -2.26. The van der Waals surface area contributed by atoms with Crippen LogP contribution in [0.4, 0.5) is 0 Å². The maximum Gasteiger partial charge on any atom is 0.307 e. The number of aliphatic hydroxyl groups is 1. The minimum atomic E-state index is -0.421. The van der Waals surface area contributed by atoms with Crippen LogP contribution in [0.15, 0.2) is 16.9 Å². The number of halogens is 2. The third-order valence-corrected chi connectivity index (χ3v) is 4.83. The van der Waals surface area contributed by atoms with Crippen LogP contribution in [0, 0.1) is 0 Å². The van der Waals surface area contributed by atoms with Gasteiger partial charge in [0.1, 0.15) is 5.75 Å². The zero-order chi connectivity index (χ0) is 20.0. The van der Waals surface area contributed by atoms with Crippen molar-refractivity contribution in [2.45, 2.75) is 46.3 Å². The second-order valence-corrected chi connectivity index (χ2v) is 6.77. The minimum Gasteiger partial charge on any atom is -0.491 e. The molecule has 0 saturated carbocycles. The molecule has 1 N–H and O–H groups in total. The van der Waals surface area contributed by atoms with E-state index in [1.807, 2.05) is 6.92 Å². The number of nitrogens with zero attached hydrogens (tertiary/aromatic N) is 1. The Kier molecular flexibility index (Phi) is 7.95. The van der Waals surface area contributed by atoms with Crippen LogP contribution in [0.25, 0.3) is 10.8 Å². The molecule has 2 aromatic rings. The maximum absolute atomic E-state index is 13.0. The molecule has 0 amide bonds. The summed E-state index contributed by atoms with van der Waals surface area (Å²) >= 11 is 12.2. The number of fused-ring (bicyclic) bond motifs is 1.